The largest absolute Gasteiger partial charge is 2.00 e. The molecule has 0 N–H and O–H groups in total. The zero-order valence-corrected chi connectivity index (χ0v) is 31.9. The summed E-state index contributed by atoms with van der Waals surface area (Å²) in [5.41, 5.74) is 6.18. The van der Waals surface area contributed by atoms with Crippen LogP contribution in [0, 0.1) is 44.5 Å². The number of amides is 2. The minimum Gasteiger partial charge on any atom is -0.778 e. The number of benzene rings is 2. The molecule has 2 amide bonds. The average molecular weight is 822 g/mol. The van der Waals surface area contributed by atoms with Gasteiger partial charge in [-0.05, 0) is 60.1 Å². The maximum absolute atomic E-state index is 9.43. The molecule has 0 aromatic heterocycles. The van der Waals surface area contributed by atoms with E-state index in [0.717, 1.165) is 68.8 Å². The van der Waals surface area contributed by atoms with Crippen LogP contribution in [0.25, 0.3) is 0 Å². The Morgan fingerprint density at radius 1 is 0.580 bits per heavy atom. The Bertz CT molecular complexity index is 1250. The molecule has 0 spiro atoms. The molecular weight excluding hydrogens is 782 g/mol. The molecule has 3 rings (SSSR count). The van der Waals surface area contributed by atoms with Gasteiger partial charge in [0.1, 0.15) is 0 Å². The second kappa shape index (κ2) is 32.1. The number of fused-ring (bicyclic) bond motifs is 4. The molecular formula is C30H40N8Ni2O8S2. The molecule has 0 saturated heterocycles. The SMILES string of the molecule is CN(C)C=O.CN(C)C=O.Cc1cc2c([S-])c(c1)C=NCCCN=Cc1cc(C)cc(c1[S-])C=NCCCN=C2.O=[N+]([O-])[O-].O=[N+]([O-])[O-].[Ni+2].[Ni+2]. The summed E-state index contributed by atoms with van der Waals surface area (Å²) >= 11 is 11.2. The molecule has 1 heterocycles. The van der Waals surface area contributed by atoms with Crippen molar-refractivity contribution in [2.75, 3.05) is 54.4 Å². The van der Waals surface area contributed by atoms with Gasteiger partial charge in [0.25, 0.3) is 0 Å². The number of rotatable bonds is 2. The van der Waals surface area contributed by atoms with E-state index in [1.807, 2.05) is 24.9 Å². The van der Waals surface area contributed by atoms with Crippen LogP contribution in [0.1, 0.15) is 46.2 Å². The van der Waals surface area contributed by atoms with Crippen LogP contribution >= 0.6 is 0 Å². The van der Waals surface area contributed by atoms with Gasteiger partial charge in [-0.15, -0.1) is 0 Å². The van der Waals surface area contributed by atoms with Crippen molar-refractivity contribution in [1.82, 2.24) is 9.80 Å². The van der Waals surface area contributed by atoms with E-state index in [2.05, 4.69) is 58.1 Å². The third-order valence-corrected chi connectivity index (χ3v) is 6.02. The van der Waals surface area contributed by atoms with Crippen LogP contribution in [0.2, 0.25) is 0 Å². The summed E-state index contributed by atoms with van der Waals surface area (Å²) < 4.78 is 0. The van der Waals surface area contributed by atoms with E-state index >= 15 is 0 Å². The molecule has 0 aliphatic carbocycles. The van der Waals surface area contributed by atoms with Crippen LogP contribution < -0.4 is 0 Å². The van der Waals surface area contributed by atoms with Crippen LogP contribution in [0.15, 0.2) is 54.0 Å². The van der Waals surface area contributed by atoms with E-state index in [-0.39, 0.29) is 33.0 Å². The van der Waals surface area contributed by atoms with Gasteiger partial charge < -0.3 is 65.7 Å². The van der Waals surface area contributed by atoms with E-state index in [0.29, 0.717) is 26.2 Å². The van der Waals surface area contributed by atoms with Crippen molar-refractivity contribution in [2.24, 2.45) is 20.0 Å². The Morgan fingerprint density at radius 3 is 0.920 bits per heavy atom. The maximum atomic E-state index is 9.43. The Morgan fingerprint density at radius 2 is 0.760 bits per heavy atom. The fourth-order valence-electron chi connectivity index (χ4n) is 3.20. The van der Waals surface area contributed by atoms with Gasteiger partial charge in [-0.25, -0.2) is 0 Å². The van der Waals surface area contributed by atoms with Gasteiger partial charge in [0, 0.05) is 79.2 Å². The number of aliphatic imine (C=N–C) groups is 4. The molecule has 0 unspecified atom stereocenters. The summed E-state index contributed by atoms with van der Waals surface area (Å²) in [5, 5.41) is 29.5. The Hall–Kier alpha value is -4.11. The Balaban J connectivity index is -0.000000439. The molecule has 2 aromatic rings. The molecule has 20 heteroatoms. The van der Waals surface area contributed by atoms with E-state index in [4.69, 9.17) is 55.9 Å². The van der Waals surface area contributed by atoms with Gasteiger partial charge in [-0.2, -0.15) is 9.79 Å². The predicted octanol–water partition coefficient (Wildman–Crippen LogP) is 3.21. The summed E-state index contributed by atoms with van der Waals surface area (Å²) in [6, 6.07) is 8.29. The monoisotopic (exact) mass is 820 g/mol. The number of aryl methyl sites for hydroxylation is 2. The second-order valence-corrected chi connectivity index (χ2v) is 10.8. The molecule has 50 heavy (non-hydrogen) atoms. The van der Waals surface area contributed by atoms with Crippen LogP contribution in [0.4, 0.5) is 0 Å². The predicted molar refractivity (Wildman–Crippen MR) is 193 cm³/mol. The molecule has 0 radical (unpaired) electrons. The van der Waals surface area contributed by atoms with Crippen molar-refractivity contribution in [3.05, 3.63) is 88.3 Å². The van der Waals surface area contributed by atoms with Crippen molar-refractivity contribution < 1.29 is 52.7 Å². The van der Waals surface area contributed by atoms with Crippen molar-refractivity contribution in [3.63, 3.8) is 0 Å². The number of carbonyl (C=O) groups is 2. The van der Waals surface area contributed by atoms with E-state index in [9.17, 15) is 9.59 Å². The minimum atomic E-state index is -1.75. The number of hydrogen-bond acceptors (Lipinski definition) is 14. The zero-order chi connectivity index (χ0) is 37.1. The quantitative estimate of drug-likeness (QED) is 0.141. The summed E-state index contributed by atoms with van der Waals surface area (Å²) in [6.45, 7) is 6.95. The molecule has 4 bridgehead atoms. The first-order valence-electron chi connectivity index (χ1n) is 14.0. The summed E-state index contributed by atoms with van der Waals surface area (Å²) in [4.78, 5) is 58.0. The van der Waals surface area contributed by atoms with E-state index in [1.165, 1.54) is 9.80 Å². The molecule has 1 aliphatic heterocycles. The van der Waals surface area contributed by atoms with Crippen LogP contribution in [0.5, 0.6) is 0 Å². The standard InChI is InChI=1S/C24H28N4S2.2C3H7NO.2NO3.2Ni/c1-17-9-19-13-25-5-3-7-27-15-21-11-18(2)12-22(24(21)30)16-28-8-4-6-26-14-20(10-17)23(19)29;2*1-4(2)3-5;2*2-1(3)4;;/h9-16,29-30H,3-8H2,1-2H3;2*3H,1-2H3;;;;/q;;;2*-1;2*+2/p-2. The second-order valence-electron chi connectivity index (χ2n) is 9.98. The zero-order valence-electron chi connectivity index (χ0n) is 28.3. The summed E-state index contributed by atoms with van der Waals surface area (Å²) in [6.07, 6.45) is 10.7. The molecule has 1 aliphatic rings. The third-order valence-electron chi connectivity index (χ3n) is 5.07. The van der Waals surface area contributed by atoms with Gasteiger partial charge in [-0.3, -0.25) is 29.6 Å². The summed E-state index contributed by atoms with van der Waals surface area (Å²) in [7, 11) is 6.75. The normalized spacial score (nSPS) is 11.5. The van der Waals surface area contributed by atoms with Crippen LogP contribution in [-0.4, -0.2) is 112 Å². The molecule has 16 nitrogen and oxygen atoms in total. The van der Waals surface area contributed by atoms with Gasteiger partial charge in [-0.1, -0.05) is 24.3 Å². The summed E-state index contributed by atoms with van der Waals surface area (Å²) in [5.74, 6) is 0. The van der Waals surface area contributed by atoms with E-state index < -0.39 is 10.2 Å². The molecule has 0 atom stereocenters. The van der Waals surface area contributed by atoms with Crippen molar-refractivity contribution >= 4 is 62.9 Å². The van der Waals surface area contributed by atoms with Crippen LogP contribution in [0.3, 0.4) is 0 Å². The average Bonchev–Trinajstić information content (AvgIpc) is 2.99. The first-order valence-corrected chi connectivity index (χ1v) is 14.9. The van der Waals surface area contributed by atoms with Crippen molar-refractivity contribution in [1.29, 1.82) is 0 Å². The number of carbonyl (C=O) groups excluding carboxylic acids is 2. The molecule has 0 saturated carbocycles. The maximum Gasteiger partial charge on any atom is 2.00 e. The van der Waals surface area contributed by atoms with Crippen molar-refractivity contribution in [3.8, 4) is 0 Å². The fourth-order valence-corrected chi connectivity index (χ4v) is 3.65. The van der Waals surface area contributed by atoms with Crippen LogP contribution in [-0.2, 0) is 67.8 Å². The third kappa shape index (κ3) is 30.0. The Labute approximate surface area is 323 Å². The van der Waals surface area contributed by atoms with Crippen molar-refractivity contribution in [2.45, 2.75) is 36.5 Å². The van der Waals surface area contributed by atoms with Gasteiger partial charge >= 0.3 is 33.0 Å². The number of nitrogens with zero attached hydrogens (tertiary/aromatic N) is 8. The number of hydrogen-bond donors (Lipinski definition) is 0. The van der Waals surface area contributed by atoms with Gasteiger partial charge in [0.15, 0.2) is 0 Å². The molecule has 280 valence electrons. The molecule has 0 fully saturated rings. The Kier molecular flexibility index (Phi) is 33.8. The van der Waals surface area contributed by atoms with Gasteiger partial charge in [0.2, 0.25) is 12.8 Å². The van der Waals surface area contributed by atoms with Gasteiger partial charge in [0.05, 0.1) is 10.2 Å². The smallest absolute Gasteiger partial charge is 0.778 e. The topological polar surface area (TPSA) is 222 Å². The fraction of sp³-hybridized carbons (Fsp3) is 0.400. The minimum absolute atomic E-state index is 0. The molecule has 2 aromatic carbocycles. The first-order chi connectivity index (χ1) is 22.5. The first kappa shape index (κ1) is 52.7. The van der Waals surface area contributed by atoms with E-state index in [1.54, 1.807) is 28.2 Å².